The van der Waals surface area contributed by atoms with Crippen LogP contribution in [0.3, 0.4) is 0 Å². The van der Waals surface area contributed by atoms with Gasteiger partial charge in [0.05, 0.1) is 10.7 Å². The lowest BCUT2D eigenvalue weighted by atomic mass is 10.1. The summed E-state index contributed by atoms with van der Waals surface area (Å²) >= 11 is 12.1. The Kier molecular flexibility index (Phi) is 4.30. The van der Waals surface area contributed by atoms with Crippen LogP contribution in [0.25, 0.3) is 11.3 Å². The summed E-state index contributed by atoms with van der Waals surface area (Å²) in [7, 11) is 0. The monoisotopic (exact) mass is 326 g/mol. The Morgan fingerprint density at radius 2 is 1.90 bits per heavy atom. The highest BCUT2D eigenvalue weighted by Gasteiger charge is 2.21. The molecular weight excluding hydrogens is 311 g/mol. The molecule has 112 valence electrons. The minimum absolute atomic E-state index is 0.522. The number of nitrogens with zero attached hydrogens (tertiary/aromatic N) is 2. The lowest BCUT2D eigenvalue weighted by molar-refractivity contribution is 0.0511. The standard InChI is InChI=1S/C15H16Cl2N2O2/c1-9-7-13(11-8-10(16)5-6-12(11)17)18-19(9)14(20)21-15(2,3)4/h5-8H,1-4H3. The number of carbonyl (C=O) groups is 1. The summed E-state index contributed by atoms with van der Waals surface area (Å²) < 4.78 is 6.53. The average Bonchev–Trinajstić information content (AvgIpc) is 2.72. The molecule has 0 saturated heterocycles. The Morgan fingerprint density at radius 1 is 1.24 bits per heavy atom. The van der Waals surface area contributed by atoms with Crippen LogP contribution in [0.4, 0.5) is 4.79 Å². The van der Waals surface area contributed by atoms with E-state index in [1.807, 2.05) is 0 Å². The van der Waals surface area contributed by atoms with Crippen LogP contribution in [0.5, 0.6) is 0 Å². The number of aryl methyl sites for hydroxylation is 1. The normalized spacial score (nSPS) is 11.5. The van der Waals surface area contributed by atoms with Crippen molar-refractivity contribution in [3.8, 4) is 11.3 Å². The second-order valence-corrected chi connectivity index (χ2v) is 6.53. The first-order chi connectivity index (χ1) is 9.67. The van der Waals surface area contributed by atoms with Gasteiger partial charge in [-0.25, -0.2) is 4.79 Å². The van der Waals surface area contributed by atoms with Crippen molar-refractivity contribution in [2.75, 3.05) is 0 Å². The van der Waals surface area contributed by atoms with Crippen molar-refractivity contribution in [3.63, 3.8) is 0 Å². The van der Waals surface area contributed by atoms with Crippen LogP contribution in [-0.4, -0.2) is 21.5 Å². The van der Waals surface area contributed by atoms with Gasteiger partial charge < -0.3 is 4.74 Å². The number of benzene rings is 1. The van der Waals surface area contributed by atoms with Gasteiger partial charge >= 0.3 is 6.09 Å². The van der Waals surface area contributed by atoms with E-state index in [2.05, 4.69) is 5.10 Å². The summed E-state index contributed by atoms with van der Waals surface area (Å²) in [6.07, 6.45) is -0.524. The zero-order chi connectivity index (χ0) is 15.8. The molecule has 0 amide bonds. The van der Waals surface area contributed by atoms with E-state index in [-0.39, 0.29) is 0 Å². The lowest BCUT2D eigenvalue weighted by Gasteiger charge is -2.19. The molecule has 0 bridgehead atoms. The molecule has 0 unspecified atom stereocenters. The third-order valence-corrected chi connectivity index (χ3v) is 3.22. The number of halogens is 2. The van der Waals surface area contributed by atoms with Gasteiger partial charge in [-0.15, -0.1) is 0 Å². The Morgan fingerprint density at radius 3 is 2.52 bits per heavy atom. The first-order valence-corrected chi connectivity index (χ1v) is 7.18. The molecule has 4 nitrogen and oxygen atoms in total. The molecule has 0 radical (unpaired) electrons. The molecular formula is C15H16Cl2N2O2. The molecule has 0 atom stereocenters. The number of rotatable bonds is 1. The molecule has 0 aliphatic carbocycles. The lowest BCUT2D eigenvalue weighted by Crippen LogP contribution is -2.28. The van der Waals surface area contributed by atoms with Gasteiger partial charge in [0, 0.05) is 16.3 Å². The molecule has 0 aliphatic heterocycles. The van der Waals surface area contributed by atoms with E-state index in [0.29, 0.717) is 27.0 Å². The van der Waals surface area contributed by atoms with Crippen molar-refractivity contribution in [2.24, 2.45) is 0 Å². The molecule has 0 aliphatic rings. The number of ether oxygens (including phenoxy) is 1. The second kappa shape index (κ2) is 5.70. The Hall–Kier alpha value is -1.52. The van der Waals surface area contributed by atoms with E-state index in [1.165, 1.54) is 4.68 Å². The van der Waals surface area contributed by atoms with E-state index in [0.717, 1.165) is 0 Å². The van der Waals surface area contributed by atoms with E-state index in [9.17, 15) is 4.79 Å². The van der Waals surface area contributed by atoms with Crippen molar-refractivity contribution in [2.45, 2.75) is 33.3 Å². The largest absolute Gasteiger partial charge is 0.442 e. The topological polar surface area (TPSA) is 44.1 Å². The highest BCUT2D eigenvalue weighted by molar-refractivity contribution is 6.35. The minimum Gasteiger partial charge on any atom is -0.442 e. The van der Waals surface area contributed by atoms with Crippen LogP contribution in [0.2, 0.25) is 10.0 Å². The van der Waals surface area contributed by atoms with E-state index in [4.69, 9.17) is 27.9 Å². The molecule has 6 heteroatoms. The molecule has 21 heavy (non-hydrogen) atoms. The summed E-state index contributed by atoms with van der Waals surface area (Å²) in [4.78, 5) is 12.1. The van der Waals surface area contributed by atoms with Gasteiger partial charge in [0.15, 0.2) is 0 Å². The van der Waals surface area contributed by atoms with Gasteiger partial charge in [0.2, 0.25) is 0 Å². The van der Waals surface area contributed by atoms with Crippen molar-refractivity contribution in [3.05, 3.63) is 40.0 Å². The average molecular weight is 327 g/mol. The molecule has 0 fully saturated rings. The molecule has 0 N–H and O–H groups in total. The first kappa shape index (κ1) is 15.9. The SMILES string of the molecule is Cc1cc(-c2cc(Cl)ccc2Cl)nn1C(=O)OC(C)(C)C. The fourth-order valence-electron chi connectivity index (χ4n) is 1.79. The smallest absolute Gasteiger partial charge is 0.435 e. The fraction of sp³-hybridized carbons (Fsp3) is 0.333. The first-order valence-electron chi connectivity index (χ1n) is 6.43. The molecule has 0 spiro atoms. The van der Waals surface area contributed by atoms with Crippen LogP contribution < -0.4 is 0 Å². The zero-order valence-corrected chi connectivity index (χ0v) is 13.8. The molecule has 1 aromatic carbocycles. The van der Waals surface area contributed by atoms with Crippen LogP contribution in [0.15, 0.2) is 24.3 Å². The van der Waals surface area contributed by atoms with E-state index >= 15 is 0 Å². The maximum absolute atomic E-state index is 12.1. The van der Waals surface area contributed by atoms with Crippen molar-refractivity contribution >= 4 is 29.3 Å². The van der Waals surface area contributed by atoms with Gasteiger partial charge in [-0.1, -0.05) is 23.2 Å². The van der Waals surface area contributed by atoms with Crippen LogP contribution in [-0.2, 0) is 4.74 Å². The van der Waals surface area contributed by atoms with Crippen LogP contribution in [0.1, 0.15) is 26.5 Å². The third-order valence-electron chi connectivity index (χ3n) is 2.66. The summed E-state index contributed by atoms with van der Waals surface area (Å²) in [6.45, 7) is 7.19. The molecule has 2 aromatic rings. The summed E-state index contributed by atoms with van der Waals surface area (Å²) in [5.74, 6) is 0. The minimum atomic E-state index is -0.580. The van der Waals surface area contributed by atoms with Crippen molar-refractivity contribution in [1.29, 1.82) is 0 Å². The summed E-state index contributed by atoms with van der Waals surface area (Å²) in [5.41, 5.74) is 1.33. The predicted molar refractivity (Wildman–Crippen MR) is 84.1 cm³/mol. The van der Waals surface area contributed by atoms with E-state index < -0.39 is 11.7 Å². The molecule has 1 aromatic heterocycles. The quantitative estimate of drug-likeness (QED) is 0.744. The van der Waals surface area contributed by atoms with Gasteiger partial charge in [0.1, 0.15) is 5.60 Å². The van der Waals surface area contributed by atoms with Crippen molar-refractivity contribution < 1.29 is 9.53 Å². The number of aromatic nitrogens is 2. The summed E-state index contributed by atoms with van der Waals surface area (Å²) in [5, 5.41) is 5.34. The van der Waals surface area contributed by atoms with Crippen LogP contribution >= 0.6 is 23.2 Å². The zero-order valence-electron chi connectivity index (χ0n) is 12.3. The Bertz CT molecular complexity index is 687. The number of hydrogen-bond donors (Lipinski definition) is 0. The number of carbonyl (C=O) groups excluding carboxylic acids is 1. The second-order valence-electron chi connectivity index (χ2n) is 5.69. The highest BCUT2D eigenvalue weighted by Crippen LogP contribution is 2.30. The van der Waals surface area contributed by atoms with Gasteiger partial charge in [-0.2, -0.15) is 9.78 Å². The number of hydrogen-bond acceptors (Lipinski definition) is 3. The fourth-order valence-corrected chi connectivity index (χ4v) is 2.18. The Balaban J connectivity index is 2.39. The molecule has 2 rings (SSSR count). The van der Waals surface area contributed by atoms with E-state index in [1.54, 1.807) is 52.0 Å². The van der Waals surface area contributed by atoms with Gasteiger partial charge in [-0.05, 0) is 52.0 Å². The van der Waals surface area contributed by atoms with Gasteiger partial charge in [-0.3, -0.25) is 0 Å². The van der Waals surface area contributed by atoms with Crippen molar-refractivity contribution in [1.82, 2.24) is 9.78 Å². The maximum atomic E-state index is 12.1. The molecule has 0 saturated carbocycles. The Labute approximate surface area is 133 Å². The third kappa shape index (κ3) is 3.77. The van der Waals surface area contributed by atoms with Crippen LogP contribution in [0, 0.1) is 6.92 Å². The predicted octanol–water partition coefficient (Wildman–Crippen LogP) is 4.95. The maximum Gasteiger partial charge on any atom is 0.435 e. The summed E-state index contributed by atoms with van der Waals surface area (Å²) in [6, 6.07) is 6.87. The highest BCUT2D eigenvalue weighted by atomic mass is 35.5. The van der Waals surface area contributed by atoms with Gasteiger partial charge in [0.25, 0.3) is 0 Å². The molecule has 1 heterocycles.